The van der Waals surface area contributed by atoms with Gasteiger partial charge in [0.1, 0.15) is 0 Å². The first kappa shape index (κ1) is 20.5. The van der Waals surface area contributed by atoms with Crippen LogP contribution in [0.4, 0.5) is 0 Å². The maximum absolute atomic E-state index is 11.3. The van der Waals surface area contributed by atoms with E-state index in [1.807, 2.05) is 0 Å². The molecule has 0 saturated carbocycles. The zero-order valence-corrected chi connectivity index (χ0v) is 16.4. The summed E-state index contributed by atoms with van der Waals surface area (Å²) in [6.45, 7) is 0. The summed E-state index contributed by atoms with van der Waals surface area (Å²) in [6.07, 6.45) is 2.27. The summed E-state index contributed by atoms with van der Waals surface area (Å²) in [6, 6.07) is 6.01. The molecule has 1 aliphatic carbocycles. The molecule has 0 saturated heterocycles. The van der Waals surface area contributed by atoms with Gasteiger partial charge in [0, 0.05) is 0 Å². The van der Waals surface area contributed by atoms with E-state index in [1.54, 1.807) is 12.1 Å². The number of benzene rings is 1. The molecule has 1 aliphatic rings. The van der Waals surface area contributed by atoms with Crippen LogP contribution in [0, 0.1) is 10.5 Å². The van der Waals surface area contributed by atoms with Crippen molar-refractivity contribution in [2.75, 3.05) is 0 Å². The van der Waals surface area contributed by atoms with E-state index in [-0.39, 0.29) is 64.7 Å². The van der Waals surface area contributed by atoms with E-state index in [0.29, 0.717) is 5.56 Å². The van der Waals surface area contributed by atoms with Crippen molar-refractivity contribution in [3.8, 4) is 0 Å². The minimum absolute atomic E-state index is 0. The normalized spacial score (nSPS) is 14.1. The second-order valence-electron chi connectivity index (χ2n) is 3.56. The summed E-state index contributed by atoms with van der Waals surface area (Å²) >= 11 is 0. The van der Waals surface area contributed by atoms with Gasteiger partial charge < -0.3 is 0 Å². The minimum Gasteiger partial charge on any atom is -0.296 e. The Morgan fingerprint density at radius 3 is 1.95 bits per heavy atom. The summed E-state index contributed by atoms with van der Waals surface area (Å²) in [5.41, 5.74) is 0.452. The molecular formula is C10H8Na2O6S2. The molecule has 6 nitrogen and oxygen atoms in total. The summed E-state index contributed by atoms with van der Waals surface area (Å²) in [5, 5.41) is -1.66. The van der Waals surface area contributed by atoms with Gasteiger partial charge >= 0.3 is 59.1 Å². The van der Waals surface area contributed by atoms with Gasteiger partial charge in [-0.05, 0) is 0 Å². The van der Waals surface area contributed by atoms with Gasteiger partial charge in [0.25, 0.3) is 0 Å². The molecule has 0 heterocycles. The van der Waals surface area contributed by atoms with Crippen LogP contribution in [0.5, 0.6) is 0 Å². The first-order chi connectivity index (χ1) is 8.21. The van der Waals surface area contributed by atoms with Crippen LogP contribution in [0.1, 0.15) is 11.1 Å². The summed E-state index contributed by atoms with van der Waals surface area (Å²) in [7, 11) is -9.53. The monoisotopic (exact) mass is 334 g/mol. The Morgan fingerprint density at radius 1 is 0.900 bits per heavy atom. The Balaban J connectivity index is 0.00000180. The Bertz CT molecular complexity index is 711. The molecule has 2 rings (SSSR count). The van der Waals surface area contributed by atoms with Crippen LogP contribution in [-0.2, 0) is 20.2 Å². The maximum atomic E-state index is 11.3. The predicted molar refractivity (Wildman–Crippen MR) is 64.2 cm³/mol. The molecule has 0 amide bonds. The molecule has 10 heteroatoms. The third kappa shape index (κ3) is 4.26. The van der Waals surface area contributed by atoms with Crippen LogP contribution < -0.4 is 59.1 Å². The molecule has 0 aliphatic heterocycles. The van der Waals surface area contributed by atoms with E-state index in [0.717, 1.165) is 6.08 Å². The zero-order chi connectivity index (χ0) is 13.6. The quantitative estimate of drug-likeness (QED) is 0.318. The molecule has 0 radical (unpaired) electrons. The fourth-order valence-electron chi connectivity index (χ4n) is 1.69. The zero-order valence-electron chi connectivity index (χ0n) is 10.8. The van der Waals surface area contributed by atoms with Crippen LogP contribution in [0.25, 0.3) is 6.08 Å². The second kappa shape index (κ2) is 7.19. The average molecular weight is 334 g/mol. The van der Waals surface area contributed by atoms with Crippen molar-refractivity contribution in [2.45, 2.75) is 0 Å². The Hall–Kier alpha value is 0.520. The molecule has 1 aromatic carbocycles. The topological polar surface area (TPSA) is 109 Å². The van der Waals surface area contributed by atoms with Crippen LogP contribution in [0.15, 0.2) is 30.3 Å². The molecule has 0 spiro atoms. The van der Waals surface area contributed by atoms with Crippen molar-refractivity contribution < 1.29 is 85.1 Å². The molecule has 0 fully saturated rings. The third-order valence-electron chi connectivity index (χ3n) is 2.38. The SMILES string of the molecule is O=S(=O)(O)[C-]1C=Cc2ccccc2[C-]1S(=O)(=O)O.[Na+].[Na+]. The van der Waals surface area contributed by atoms with Crippen LogP contribution in [0.2, 0.25) is 0 Å². The molecule has 0 unspecified atom stereocenters. The van der Waals surface area contributed by atoms with Gasteiger partial charge in [-0.1, -0.05) is 16.6 Å². The van der Waals surface area contributed by atoms with Crippen LogP contribution in [0.3, 0.4) is 0 Å². The fourth-order valence-corrected chi connectivity index (χ4v) is 3.69. The number of rotatable bonds is 2. The number of fused-ring (bicyclic) bond motifs is 1. The standard InChI is InChI=1S/C10H8O6S2.2Na/c11-17(12,13)9-6-5-7-3-1-2-4-8(7)10(9)18(14,15)16;;/h1-6H,(H,11,12,13)(H,14,15,16);;/q-2;2*+1. The van der Waals surface area contributed by atoms with Gasteiger partial charge in [0.15, 0.2) is 0 Å². The molecule has 20 heavy (non-hydrogen) atoms. The van der Waals surface area contributed by atoms with Crippen LogP contribution in [-0.4, -0.2) is 25.9 Å². The van der Waals surface area contributed by atoms with Crippen molar-refractivity contribution in [3.63, 3.8) is 0 Å². The minimum atomic E-state index is -4.78. The van der Waals surface area contributed by atoms with Gasteiger partial charge in [0.2, 0.25) is 20.2 Å². The van der Waals surface area contributed by atoms with E-state index >= 15 is 0 Å². The number of hydrogen-bond acceptors (Lipinski definition) is 4. The summed E-state index contributed by atoms with van der Waals surface area (Å²) in [4.78, 5) is 0. The molecule has 1 aromatic rings. The fraction of sp³-hybridized carbons (Fsp3) is 0. The average Bonchev–Trinajstić information content (AvgIpc) is 2.24. The van der Waals surface area contributed by atoms with Gasteiger partial charge in [-0.3, -0.25) is 15.2 Å². The molecule has 98 valence electrons. The van der Waals surface area contributed by atoms with E-state index in [9.17, 15) is 16.8 Å². The molecule has 0 atom stereocenters. The van der Waals surface area contributed by atoms with E-state index in [2.05, 4.69) is 0 Å². The third-order valence-corrected chi connectivity index (χ3v) is 4.36. The maximum Gasteiger partial charge on any atom is 1.00 e. The van der Waals surface area contributed by atoms with Crippen molar-refractivity contribution in [1.29, 1.82) is 0 Å². The molecule has 0 bridgehead atoms. The Labute approximate surface area is 161 Å². The molecular weight excluding hydrogens is 326 g/mol. The van der Waals surface area contributed by atoms with Gasteiger partial charge in [0.05, 0.1) is 0 Å². The van der Waals surface area contributed by atoms with Gasteiger partial charge in [-0.15, -0.1) is 12.1 Å². The Kier molecular flexibility index (Phi) is 7.37. The smallest absolute Gasteiger partial charge is 0.296 e. The van der Waals surface area contributed by atoms with Crippen LogP contribution >= 0.6 is 0 Å². The number of hydrogen-bond donors (Lipinski definition) is 2. The molecule has 0 aromatic heterocycles. The molecule has 2 N–H and O–H groups in total. The first-order valence-corrected chi connectivity index (χ1v) is 7.56. The van der Waals surface area contributed by atoms with Crippen molar-refractivity contribution >= 4 is 26.3 Å². The van der Waals surface area contributed by atoms with Crippen molar-refractivity contribution in [3.05, 3.63) is 52.0 Å². The summed E-state index contributed by atoms with van der Waals surface area (Å²) < 4.78 is 63.0. The summed E-state index contributed by atoms with van der Waals surface area (Å²) in [5.74, 6) is 0. The van der Waals surface area contributed by atoms with E-state index in [4.69, 9.17) is 9.11 Å². The van der Waals surface area contributed by atoms with Crippen molar-refractivity contribution in [1.82, 2.24) is 0 Å². The predicted octanol–water partition coefficient (Wildman–Crippen LogP) is -5.09. The second-order valence-corrected chi connectivity index (χ2v) is 6.31. The first-order valence-electron chi connectivity index (χ1n) is 4.68. The van der Waals surface area contributed by atoms with Crippen molar-refractivity contribution in [2.24, 2.45) is 0 Å². The van der Waals surface area contributed by atoms with Gasteiger partial charge in [-0.2, -0.15) is 11.6 Å². The van der Waals surface area contributed by atoms with Gasteiger partial charge in [-0.25, -0.2) is 28.5 Å². The van der Waals surface area contributed by atoms with E-state index < -0.39 is 30.7 Å². The van der Waals surface area contributed by atoms with E-state index in [1.165, 1.54) is 18.2 Å². The largest absolute Gasteiger partial charge is 1.00 e. The Morgan fingerprint density at radius 2 is 1.45 bits per heavy atom.